The van der Waals surface area contributed by atoms with Crippen LogP contribution in [0.15, 0.2) is 24.3 Å². The number of ether oxygens (including phenoxy) is 1. The number of hydrogen-bond acceptors (Lipinski definition) is 5. The summed E-state index contributed by atoms with van der Waals surface area (Å²) in [5.74, 6) is -0.901. The number of carbonyl (C=O) groups excluding carboxylic acids is 3. The second-order valence-corrected chi connectivity index (χ2v) is 4.47. The summed E-state index contributed by atoms with van der Waals surface area (Å²) in [7, 11) is 0. The van der Waals surface area contributed by atoms with E-state index in [0.717, 1.165) is 0 Å². The Kier molecular flexibility index (Phi) is 3.88. The van der Waals surface area contributed by atoms with Crippen molar-refractivity contribution in [2.45, 2.75) is 13.0 Å². The average molecular weight is 277 g/mol. The molecule has 1 aromatic rings. The van der Waals surface area contributed by atoms with E-state index < -0.39 is 23.8 Å². The van der Waals surface area contributed by atoms with Crippen molar-refractivity contribution in [3.05, 3.63) is 24.3 Å². The van der Waals surface area contributed by atoms with Gasteiger partial charge >= 0.3 is 0 Å². The van der Waals surface area contributed by atoms with E-state index in [9.17, 15) is 14.4 Å². The summed E-state index contributed by atoms with van der Waals surface area (Å²) < 4.78 is 5.31. The van der Waals surface area contributed by atoms with Gasteiger partial charge in [-0.3, -0.25) is 19.7 Å². The highest BCUT2D eigenvalue weighted by atomic mass is 16.5. The molecule has 2 rings (SSSR count). The minimum atomic E-state index is -0.685. The first-order chi connectivity index (χ1) is 9.47. The number of anilines is 1. The number of hydrogen-bond donors (Lipinski definition) is 2. The van der Waals surface area contributed by atoms with Crippen molar-refractivity contribution in [3.63, 3.8) is 0 Å². The molecule has 1 aromatic carbocycles. The fraction of sp³-hybridized carbons (Fsp3) is 0.308. The van der Waals surface area contributed by atoms with Gasteiger partial charge in [-0.15, -0.1) is 0 Å². The smallest absolute Gasteiger partial charge is 0.261 e. The first-order valence-electron chi connectivity index (χ1n) is 6.09. The van der Waals surface area contributed by atoms with E-state index in [1.165, 1.54) is 4.90 Å². The van der Waals surface area contributed by atoms with Crippen molar-refractivity contribution in [2.24, 2.45) is 0 Å². The van der Waals surface area contributed by atoms with Gasteiger partial charge in [0.2, 0.25) is 11.8 Å². The lowest BCUT2D eigenvalue weighted by molar-refractivity contribution is -0.150. The van der Waals surface area contributed by atoms with Gasteiger partial charge in [0.05, 0.1) is 0 Å². The summed E-state index contributed by atoms with van der Waals surface area (Å²) in [6, 6.07) is 5.90. The lowest BCUT2D eigenvalue weighted by Crippen LogP contribution is -2.59. The van der Waals surface area contributed by atoms with Crippen LogP contribution < -0.4 is 15.8 Å². The van der Waals surface area contributed by atoms with Crippen molar-refractivity contribution in [3.8, 4) is 5.75 Å². The van der Waals surface area contributed by atoms with Crippen LogP contribution in [0, 0.1) is 0 Å². The highest BCUT2D eigenvalue weighted by Gasteiger charge is 2.33. The molecule has 1 atom stereocenters. The zero-order chi connectivity index (χ0) is 14.7. The van der Waals surface area contributed by atoms with E-state index in [1.54, 1.807) is 31.2 Å². The number of benzene rings is 1. The Morgan fingerprint density at radius 3 is 2.70 bits per heavy atom. The largest absolute Gasteiger partial charge is 0.484 e. The summed E-state index contributed by atoms with van der Waals surface area (Å²) in [6.07, 6.45) is 0. The van der Waals surface area contributed by atoms with Crippen LogP contribution in [0.3, 0.4) is 0 Å². The molecule has 1 unspecified atom stereocenters. The third kappa shape index (κ3) is 3.05. The van der Waals surface area contributed by atoms with Gasteiger partial charge in [-0.05, 0) is 31.2 Å². The molecule has 3 amide bonds. The second kappa shape index (κ2) is 5.60. The standard InChI is InChI=1S/C13H15N3O4/c1-8-13(19)15-11(17)6-16(8)12(18)7-20-10-4-2-9(14)3-5-10/h2-5,8H,6-7,14H2,1H3,(H,15,17,19). The molecule has 0 radical (unpaired) electrons. The summed E-state index contributed by atoms with van der Waals surface area (Å²) in [6.45, 7) is 1.18. The normalized spacial score (nSPS) is 18.6. The highest BCUT2D eigenvalue weighted by molar-refractivity contribution is 6.04. The maximum Gasteiger partial charge on any atom is 0.261 e. The van der Waals surface area contributed by atoms with Gasteiger partial charge in [0.25, 0.3) is 5.91 Å². The van der Waals surface area contributed by atoms with Crippen molar-refractivity contribution in [2.75, 3.05) is 18.9 Å². The van der Waals surface area contributed by atoms with Crippen LogP contribution >= 0.6 is 0 Å². The predicted molar refractivity (Wildman–Crippen MR) is 70.7 cm³/mol. The molecular weight excluding hydrogens is 262 g/mol. The summed E-state index contributed by atoms with van der Waals surface area (Å²) >= 11 is 0. The molecular formula is C13H15N3O4. The number of nitrogen functional groups attached to an aromatic ring is 1. The molecule has 1 aliphatic rings. The van der Waals surface area contributed by atoms with E-state index >= 15 is 0 Å². The van der Waals surface area contributed by atoms with E-state index in [4.69, 9.17) is 10.5 Å². The van der Waals surface area contributed by atoms with Gasteiger partial charge in [-0.2, -0.15) is 0 Å². The van der Waals surface area contributed by atoms with Gasteiger partial charge < -0.3 is 15.4 Å². The fourth-order valence-electron chi connectivity index (χ4n) is 1.81. The van der Waals surface area contributed by atoms with Gasteiger partial charge in [0.1, 0.15) is 18.3 Å². The third-order valence-corrected chi connectivity index (χ3v) is 2.99. The van der Waals surface area contributed by atoms with Gasteiger partial charge in [-0.1, -0.05) is 0 Å². The molecule has 0 spiro atoms. The minimum absolute atomic E-state index is 0.142. The summed E-state index contributed by atoms with van der Waals surface area (Å²) in [5, 5.41) is 2.17. The highest BCUT2D eigenvalue weighted by Crippen LogP contribution is 2.13. The Labute approximate surface area is 115 Å². The van der Waals surface area contributed by atoms with E-state index in [0.29, 0.717) is 11.4 Å². The van der Waals surface area contributed by atoms with Crippen molar-refractivity contribution >= 4 is 23.4 Å². The third-order valence-electron chi connectivity index (χ3n) is 2.99. The van der Waals surface area contributed by atoms with Gasteiger partial charge in [0, 0.05) is 5.69 Å². The average Bonchev–Trinajstić information content (AvgIpc) is 2.42. The second-order valence-electron chi connectivity index (χ2n) is 4.47. The van der Waals surface area contributed by atoms with Crippen LogP contribution in [0.25, 0.3) is 0 Å². The molecule has 0 aromatic heterocycles. The Morgan fingerprint density at radius 1 is 1.40 bits per heavy atom. The first-order valence-corrected chi connectivity index (χ1v) is 6.09. The van der Waals surface area contributed by atoms with E-state index in [1.807, 2.05) is 0 Å². The SMILES string of the molecule is CC1C(=O)NC(=O)CN1C(=O)COc1ccc(N)cc1. The lowest BCUT2D eigenvalue weighted by Gasteiger charge is -2.31. The molecule has 106 valence electrons. The zero-order valence-electron chi connectivity index (χ0n) is 11.0. The molecule has 1 saturated heterocycles. The van der Waals surface area contributed by atoms with Crippen LogP contribution in [-0.2, 0) is 14.4 Å². The number of rotatable bonds is 3. The maximum atomic E-state index is 12.0. The van der Waals surface area contributed by atoms with Gasteiger partial charge in [-0.25, -0.2) is 0 Å². The number of nitrogens with one attached hydrogen (secondary N) is 1. The van der Waals surface area contributed by atoms with E-state index in [-0.39, 0.29) is 13.2 Å². The Hall–Kier alpha value is -2.57. The lowest BCUT2D eigenvalue weighted by atomic mass is 10.2. The van der Waals surface area contributed by atoms with E-state index in [2.05, 4.69) is 5.32 Å². The molecule has 0 bridgehead atoms. The van der Waals surface area contributed by atoms with Crippen molar-refractivity contribution in [1.82, 2.24) is 10.2 Å². The molecule has 7 heteroatoms. The number of carbonyl (C=O) groups is 3. The molecule has 3 N–H and O–H groups in total. The Morgan fingerprint density at radius 2 is 2.05 bits per heavy atom. The Bertz CT molecular complexity index is 541. The fourth-order valence-corrected chi connectivity index (χ4v) is 1.81. The topological polar surface area (TPSA) is 102 Å². The summed E-state index contributed by atoms with van der Waals surface area (Å²) in [4.78, 5) is 35.9. The molecule has 0 saturated carbocycles. The van der Waals surface area contributed by atoms with Crippen molar-refractivity contribution < 1.29 is 19.1 Å². The first kappa shape index (κ1) is 13.9. The Balaban J connectivity index is 1.95. The van der Waals surface area contributed by atoms with Crippen LogP contribution in [-0.4, -0.2) is 41.8 Å². The number of imide groups is 1. The van der Waals surface area contributed by atoms with Crippen LogP contribution in [0.4, 0.5) is 5.69 Å². The molecule has 0 aliphatic carbocycles. The number of amides is 3. The molecule has 20 heavy (non-hydrogen) atoms. The quantitative estimate of drug-likeness (QED) is 0.574. The van der Waals surface area contributed by atoms with Crippen LogP contribution in [0.2, 0.25) is 0 Å². The predicted octanol–water partition coefficient (Wildman–Crippen LogP) is -0.479. The molecule has 1 heterocycles. The minimum Gasteiger partial charge on any atom is -0.484 e. The molecule has 1 aliphatic heterocycles. The monoisotopic (exact) mass is 277 g/mol. The summed E-state index contributed by atoms with van der Waals surface area (Å²) in [5.41, 5.74) is 6.13. The zero-order valence-corrected chi connectivity index (χ0v) is 11.0. The number of piperazine rings is 1. The van der Waals surface area contributed by atoms with Crippen LogP contribution in [0.1, 0.15) is 6.92 Å². The number of nitrogens with zero attached hydrogens (tertiary/aromatic N) is 1. The van der Waals surface area contributed by atoms with Crippen molar-refractivity contribution in [1.29, 1.82) is 0 Å². The van der Waals surface area contributed by atoms with Gasteiger partial charge in [0.15, 0.2) is 6.61 Å². The van der Waals surface area contributed by atoms with Crippen LogP contribution in [0.5, 0.6) is 5.75 Å². The molecule has 1 fully saturated rings. The maximum absolute atomic E-state index is 12.0. The molecule has 7 nitrogen and oxygen atoms in total. The number of nitrogens with two attached hydrogens (primary N) is 1.